The van der Waals surface area contributed by atoms with Crippen LogP contribution in [0.25, 0.3) is 0 Å². The van der Waals surface area contributed by atoms with E-state index in [1.165, 1.54) is 17.3 Å². The molecule has 0 radical (unpaired) electrons. The number of hydrogen-bond donors (Lipinski definition) is 1. The molecule has 0 spiro atoms. The zero-order valence-corrected chi connectivity index (χ0v) is 15.0. The molecule has 1 amide bonds. The zero-order chi connectivity index (χ0) is 16.8. The lowest BCUT2D eigenvalue weighted by Crippen LogP contribution is -2.15. The quantitative estimate of drug-likeness (QED) is 0.788. The summed E-state index contributed by atoms with van der Waals surface area (Å²) in [5.41, 5.74) is 3.15. The van der Waals surface area contributed by atoms with Crippen molar-refractivity contribution in [2.75, 3.05) is 11.1 Å². The summed E-state index contributed by atoms with van der Waals surface area (Å²) in [5, 5.41) is 12.1. The van der Waals surface area contributed by atoms with Gasteiger partial charge in [-0.2, -0.15) is 0 Å². The number of aromatic nitrogens is 3. The summed E-state index contributed by atoms with van der Waals surface area (Å²) in [4.78, 5) is 12.2. The van der Waals surface area contributed by atoms with Crippen molar-refractivity contribution in [3.8, 4) is 0 Å². The fourth-order valence-electron chi connectivity index (χ4n) is 2.23. The van der Waals surface area contributed by atoms with Crippen LogP contribution in [0.4, 0.5) is 5.69 Å². The van der Waals surface area contributed by atoms with E-state index in [0.29, 0.717) is 5.75 Å². The summed E-state index contributed by atoms with van der Waals surface area (Å²) in [6.45, 7) is 6.21. The first-order valence-corrected chi connectivity index (χ1v) is 8.88. The first-order chi connectivity index (χ1) is 11.0. The SMILES string of the molecule is CCCCc1nnc(SCC(=O)Nc2cccc(C)c2C)n1C. The second kappa shape index (κ2) is 8.15. The maximum Gasteiger partial charge on any atom is 0.234 e. The van der Waals surface area contributed by atoms with Crippen LogP contribution in [0.2, 0.25) is 0 Å². The number of anilines is 1. The van der Waals surface area contributed by atoms with E-state index < -0.39 is 0 Å². The number of benzene rings is 1. The van der Waals surface area contributed by atoms with Gasteiger partial charge in [-0.3, -0.25) is 4.79 Å². The summed E-state index contributed by atoms with van der Waals surface area (Å²) in [5.74, 6) is 1.28. The molecular formula is C17H24N4OS. The predicted molar refractivity (Wildman–Crippen MR) is 94.9 cm³/mol. The molecule has 0 aliphatic carbocycles. The van der Waals surface area contributed by atoms with E-state index >= 15 is 0 Å². The first kappa shape index (κ1) is 17.5. The molecule has 0 aliphatic rings. The molecule has 2 rings (SSSR count). The molecular weight excluding hydrogens is 308 g/mol. The number of thioether (sulfide) groups is 1. The number of hydrogen-bond acceptors (Lipinski definition) is 4. The fraction of sp³-hybridized carbons (Fsp3) is 0.471. The summed E-state index contributed by atoms with van der Waals surface area (Å²) in [6, 6.07) is 5.92. The van der Waals surface area contributed by atoms with Crippen LogP contribution in [0.15, 0.2) is 23.4 Å². The van der Waals surface area contributed by atoms with Crippen molar-refractivity contribution < 1.29 is 4.79 Å². The van der Waals surface area contributed by atoms with Crippen LogP contribution in [0.1, 0.15) is 36.7 Å². The highest BCUT2D eigenvalue weighted by atomic mass is 32.2. The van der Waals surface area contributed by atoms with E-state index in [2.05, 4.69) is 22.4 Å². The number of unbranched alkanes of at least 4 members (excludes halogenated alkanes) is 1. The topological polar surface area (TPSA) is 59.8 Å². The molecule has 5 nitrogen and oxygen atoms in total. The Labute approximate surface area is 141 Å². The number of amides is 1. The maximum absolute atomic E-state index is 12.2. The molecule has 2 aromatic rings. The Bertz CT molecular complexity index is 681. The van der Waals surface area contributed by atoms with Crippen molar-refractivity contribution in [1.29, 1.82) is 0 Å². The molecule has 1 aromatic heterocycles. The minimum Gasteiger partial charge on any atom is -0.325 e. The maximum atomic E-state index is 12.2. The third kappa shape index (κ3) is 4.58. The Balaban J connectivity index is 1.92. The average Bonchev–Trinajstić information content (AvgIpc) is 2.88. The van der Waals surface area contributed by atoms with Crippen LogP contribution < -0.4 is 5.32 Å². The molecule has 0 bridgehead atoms. The summed E-state index contributed by atoms with van der Waals surface area (Å²) < 4.78 is 1.98. The molecule has 1 heterocycles. The average molecular weight is 332 g/mol. The number of carbonyl (C=O) groups is 1. The van der Waals surface area contributed by atoms with Crippen molar-refractivity contribution >= 4 is 23.4 Å². The second-order valence-corrected chi connectivity index (χ2v) is 6.59. The molecule has 6 heteroatoms. The molecule has 124 valence electrons. The largest absolute Gasteiger partial charge is 0.325 e. The number of rotatable bonds is 7. The minimum absolute atomic E-state index is 0.0261. The van der Waals surface area contributed by atoms with Gasteiger partial charge in [0.05, 0.1) is 5.75 Å². The van der Waals surface area contributed by atoms with E-state index in [4.69, 9.17) is 0 Å². The Kier molecular flexibility index (Phi) is 6.21. The van der Waals surface area contributed by atoms with Gasteiger partial charge in [-0.05, 0) is 37.5 Å². The van der Waals surface area contributed by atoms with Crippen LogP contribution in [0.3, 0.4) is 0 Å². The van der Waals surface area contributed by atoms with Gasteiger partial charge in [-0.1, -0.05) is 37.2 Å². The van der Waals surface area contributed by atoms with Gasteiger partial charge < -0.3 is 9.88 Å². The summed E-state index contributed by atoms with van der Waals surface area (Å²) in [6.07, 6.45) is 3.16. The monoisotopic (exact) mass is 332 g/mol. The predicted octanol–water partition coefficient (Wildman–Crippen LogP) is 3.51. The van der Waals surface area contributed by atoms with Gasteiger partial charge in [0.1, 0.15) is 5.82 Å². The molecule has 0 atom stereocenters. The number of nitrogens with one attached hydrogen (secondary N) is 1. The molecule has 0 saturated carbocycles. The van der Waals surface area contributed by atoms with Gasteiger partial charge in [0, 0.05) is 19.2 Å². The van der Waals surface area contributed by atoms with E-state index in [1.807, 2.05) is 43.7 Å². The summed E-state index contributed by atoms with van der Waals surface area (Å²) >= 11 is 1.42. The normalized spacial score (nSPS) is 10.8. The van der Waals surface area contributed by atoms with Crippen molar-refractivity contribution in [1.82, 2.24) is 14.8 Å². The highest BCUT2D eigenvalue weighted by Gasteiger charge is 2.12. The van der Waals surface area contributed by atoms with E-state index in [-0.39, 0.29) is 5.91 Å². The fourth-order valence-corrected chi connectivity index (χ4v) is 2.96. The molecule has 23 heavy (non-hydrogen) atoms. The van der Waals surface area contributed by atoms with Crippen molar-refractivity contribution in [2.24, 2.45) is 7.05 Å². The van der Waals surface area contributed by atoms with Crippen LogP contribution in [-0.2, 0) is 18.3 Å². The third-order valence-corrected chi connectivity index (χ3v) is 4.91. The van der Waals surface area contributed by atoms with Crippen molar-refractivity contribution in [2.45, 2.75) is 45.2 Å². The zero-order valence-electron chi connectivity index (χ0n) is 14.2. The van der Waals surface area contributed by atoms with Gasteiger partial charge in [0.2, 0.25) is 5.91 Å². The van der Waals surface area contributed by atoms with Crippen molar-refractivity contribution in [3.63, 3.8) is 0 Å². The Hall–Kier alpha value is -1.82. The molecule has 1 aromatic carbocycles. The summed E-state index contributed by atoms with van der Waals surface area (Å²) in [7, 11) is 1.95. The third-order valence-electron chi connectivity index (χ3n) is 3.89. The van der Waals surface area contributed by atoms with Gasteiger partial charge in [-0.25, -0.2) is 0 Å². The van der Waals surface area contributed by atoms with E-state index in [1.54, 1.807) is 0 Å². The van der Waals surface area contributed by atoms with Crippen LogP contribution in [0.5, 0.6) is 0 Å². The molecule has 0 saturated heterocycles. The molecule has 0 aliphatic heterocycles. The van der Waals surface area contributed by atoms with Gasteiger partial charge in [0.15, 0.2) is 5.16 Å². The standard InChI is InChI=1S/C17H24N4OS/c1-5-6-10-15-19-20-17(21(15)4)23-11-16(22)18-14-9-7-8-12(2)13(14)3/h7-9H,5-6,10-11H2,1-4H3,(H,18,22). The van der Waals surface area contributed by atoms with Gasteiger partial charge in [-0.15, -0.1) is 10.2 Å². The minimum atomic E-state index is -0.0261. The van der Waals surface area contributed by atoms with Crippen LogP contribution >= 0.6 is 11.8 Å². The highest BCUT2D eigenvalue weighted by molar-refractivity contribution is 7.99. The van der Waals surface area contributed by atoms with Crippen molar-refractivity contribution in [3.05, 3.63) is 35.2 Å². The Morgan fingerprint density at radius 1 is 1.30 bits per heavy atom. The second-order valence-electron chi connectivity index (χ2n) is 5.65. The van der Waals surface area contributed by atoms with E-state index in [0.717, 1.165) is 41.5 Å². The van der Waals surface area contributed by atoms with Crippen LogP contribution in [-0.4, -0.2) is 26.4 Å². The highest BCUT2D eigenvalue weighted by Crippen LogP contribution is 2.20. The van der Waals surface area contributed by atoms with E-state index in [9.17, 15) is 4.79 Å². The van der Waals surface area contributed by atoms with Gasteiger partial charge >= 0.3 is 0 Å². The number of carbonyl (C=O) groups excluding carboxylic acids is 1. The Morgan fingerprint density at radius 3 is 2.83 bits per heavy atom. The lowest BCUT2D eigenvalue weighted by atomic mass is 10.1. The molecule has 0 unspecified atom stereocenters. The smallest absolute Gasteiger partial charge is 0.234 e. The lowest BCUT2D eigenvalue weighted by Gasteiger charge is -2.10. The number of aryl methyl sites for hydroxylation is 2. The van der Waals surface area contributed by atoms with Gasteiger partial charge in [0.25, 0.3) is 0 Å². The number of nitrogens with zero attached hydrogens (tertiary/aromatic N) is 3. The first-order valence-electron chi connectivity index (χ1n) is 7.90. The molecule has 0 fully saturated rings. The van der Waals surface area contributed by atoms with Crippen LogP contribution in [0, 0.1) is 13.8 Å². The molecule has 1 N–H and O–H groups in total. The Morgan fingerprint density at radius 2 is 2.09 bits per heavy atom. The lowest BCUT2D eigenvalue weighted by molar-refractivity contribution is -0.113.